The minimum Gasteiger partial charge on any atom is -0.381 e. The summed E-state index contributed by atoms with van der Waals surface area (Å²) >= 11 is 1.72. The van der Waals surface area contributed by atoms with Crippen molar-refractivity contribution in [1.29, 1.82) is 5.26 Å². The summed E-state index contributed by atoms with van der Waals surface area (Å²) in [6.45, 7) is 1.80. The van der Waals surface area contributed by atoms with E-state index in [1.807, 2.05) is 24.3 Å². The Labute approximate surface area is 149 Å². The Balaban J connectivity index is 1.43. The van der Waals surface area contributed by atoms with E-state index in [2.05, 4.69) is 16.3 Å². The Kier molecular flexibility index (Phi) is 4.24. The maximum atomic E-state index is 13.7. The second-order valence-corrected chi connectivity index (χ2v) is 7.15. The van der Waals surface area contributed by atoms with E-state index in [0.717, 1.165) is 36.6 Å². The molecule has 3 aromatic rings. The van der Waals surface area contributed by atoms with Gasteiger partial charge >= 0.3 is 0 Å². The molecule has 1 aliphatic heterocycles. The zero-order valence-electron chi connectivity index (χ0n) is 13.6. The Hall–Kier alpha value is -2.65. The molecule has 1 fully saturated rings. The second-order valence-electron chi connectivity index (χ2n) is 6.14. The third kappa shape index (κ3) is 3.15. The number of benzene rings is 2. The van der Waals surface area contributed by atoms with Crippen molar-refractivity contribution in [2.45, 2.75) is 18.9 Å². The van der Waals surface area contributed by atoms with Gasteiger partial charge in [-0.2, -0.15) is 5.26 Å². The predicted octanol–water partition coefficient (Wildman–Crippen LogP) is 4.39. The molecule has 0 radical (unpaired) electrons. The van der Waals surface area contributed by atoms with Gasteiger partial charge in [-0.1, -0.05) is 29.5 Å². The fourth-order valence-electron chi connectivity index (χ4n) is 3.19. The number of para-hydroxylation sites is 1. The van der Waals surface area contributed by atoms with Crippen LogP contribution in [0, 0.1) is 17.1 Å². The van der Waals surface area contributed by atoms with Crippen LogP contribution >= 0.6 is 11.3 Å². The minimum absolute atomic E-state index is 0.0936. The Morgan fingerprint density at radius 2 is 1.96 bits per heavy atom. The van der Waals surface area contributed by atoms with E-state index in [-0.39, 0.29) is 11.6 Å². The monoisotopic (exact) mass is 352 g/mol. The Morgan fingerprint density at radius 1 is 1.16 bits per heavy atom. The number of halogens is 1. The van der Waals surface area contributed by atoms with Crippen LogP contribution in [-0.4, -0.2) is 24.1 Å². The van der Waals surface area contributed by atoms with E-state index in [4.69, 9.17) is 10.2 Å². The highest BCUT2D eigenvalue weighted by molar-refractivity contribution is 7.22. The van der Waals surface area contributed by atoms with E-state index in [1.165, 1.54) is 10.8 Å². The molecule has 0 spiro atoms. The van der Waals surface area contributed by atoms with Gasteiger partial charge in [0, 0.05) is 19.1 Å². The van der Waals surface area contributed by atoms with Crippen molar-refractivity contribution < 1.29 is 4.39 Å². The summed E-state index contributed by atoms with van der Waals surface area (Å²) in [5.41, 5.74) is 1.72. The molecule has 0 bridgehead atoms. The highest BCUT2D eigenvalue weighted by Gasteiger charge is 2.22. The number of rotatable bonds is 3. The molecule has 0 saturated carbocycles. The summed E-state index contributed by atoms with van der Waals surface area (Å²) in [5.74, 6) is -0.473. The van der Waals surface area contributed by atoms with Crippen LogP contribution < -0.4 is 10.2 Å². The highest BCUT2D eigenvalue weighted by Crippen LogP contribution is 2.31. The van der Waals surface area contributed by atoms with Crippen molar-refractivity contribution in [3.63, 3.8) is 0 Å². The van der Waals surface area contributed by atoms with Crippen molar-refractivity contribution in [2.75, 3.05) is 23.3 Å². The number of nitriles is 1. The van der Waals surface area contributed by atoms with Crippen LogP contribution in [0.5, 0.6) is 0 Å². The van der Waals surface area contributed by atoms with E-state index in [9.17, 15) is 4.39 Å². The number of anilines is 2. The number of fused-ring (bicyclic) bond motifs is 1. The molecular weight excluding hydrogens is 335 g/mol. The lowest BCUT2D eigenvalue weighted by Gasteiger charge is -2.32. The van der Waals surface area contributed by atoms with Crippen LogP contribution in [0.2, 0.25) is 0 Å². The highest BCUT2D eigenvalue weighted by atomic mass is 32.1. The quantitative estimate of drug-likeness (QED) is 0.760. The maximum absolute atomic E-state index is 13.7. The first-order chi connectivity index (χ1) is 12.2. The molecule has 25 heavy (non-hydrogen) atoms. The molecule has 4 rings (SSSR count). The first-order valence-corrected chi connectivity index (χ1v) is 9.12. The largest absolute Gasteiger partial charge is 0.381 e. The first kappa shape index (κ1) is 15.9. The van der Waals surface area contributed by atoms with Crippen LogP contribution in [-0.2, 0) is 0 Å². The average molecular weight is 352 g/mol. The van der Waals surface area contributed by atoms with Crippen molar-refractivity contribution in [3.8, 4) is 6.07 Å². The minimum atomic E-state index is -0.473. The second kappa shape index (κ2) is 6.69. The van der Waals surface area contributed by atoms with Crippen LogP contribution in [0.15, 0.2) is 42.5 Å². The lowest BCUT2D eigenvalue weighted by atomic mass is 10.0. The summed E-state index contributed by atoms with van der Waals surface area (Å²) in [7, 11) is 0. The smallest absolute Gasteiger partial charge is 0.186 e. The molecular formula is C19H17FN4S. The summed E-state index contributed by atoms with van der Waals surface area (Å²) in [5, 5.41) is 13.5. The summed E-state index contributed by atoms with van der Waals surface area (Å²) in [4.78, 5) is 7.02. The lowest BCUT2D eigenvalue weighted by molar-refractivity contribution is 0.525. The van der Waals surface area contributed by atoms with Gasteiger partial charge in [0.2, 0.25) is 0 Å². The van der Waals surface area contributed by atoms with Gasteiger partial charge in [0.1, 0.15) is 17.4 Å². The fraction of sp³-hybridized carbons (Fsp3) is 0.263. The summed E-state index contributed by atoms with van der Waals surface area (Å²) in [6.07, 6.45) is 1.86. The van der Waals surface area contributed by atoms with E-state index >= 15 is 0 Å². The average Bonchev–Trinajstić information content (AvgIpc) is 3.07. The number of nitrogens with zero attached hydrogens (tertiary/aromatic N) is 3. The van der Waals surface area contributed by atoms with Gasteiger partial charge < -0.3 is 10.2 Å². The predicted molar refractivity (Wildman–Crippen MR) is 99.6 cm³/mol. The van der Waals surface area contributed by atoms with Crippen LogP contribution in [0.25, 0.3) is 10.2 Å². The molecule has 0 atom stereocenters. The Bertz CT molecular complexity index is 905. The molecule has 0 amide bonds. The molecule has 126 valence electrons. The molecule has 0 aliphatic carbocycles. The lowest BCUT2D eigenvalue weighted by Crippen LogP contribution is -2.39. The molecule has 2 heterocycles. The number of aromatic nitrogens is 1. The van der Waals surface area contributed by atoms with Gasteiger partial charge in [0.15, 0.2) is 5.13 Å². The van der Waals surface area contributed by atoms with Gasteiger partial charge in [-0.05, 0) is 37.1 Å². The molecule has 1 aromatic heterocycles. The number of nitrogens with one attached hydrogen (secondary N) is 1. The summed E-state index contributed by atoms with van der Waals surface area (Å²) < 4.78 is 14.9. The van der Waals surface area contributed by atoms with E-state index in [0.29, 0.717) is 5.69 Å². The van der Waals surface area contributed by atoms with Crippen molar-refractivity contribution in [3.05, 3.63) is 53.8 Å². The van der Waals surface area contributed by atoms with Crippen LogP contribution in [0.1, 0.15) is 18.4 Å². The van der Waals surface area contributed by atoms with Crippen molar-refractivity contribution in [2.24, 2.45) is 0 Å². The summed E-state index contributed by atoms with van der Waals surface area (Å²) in [6, 6.07) is 15.1. The van der Waals surface area contributed by atoms with Crippen LogP contribution in [0.4, 0.5) is 15.2 Å². The zero-order chi connectivity index (χ0) is 17.2. The standard InChI is InChI=1S/C19H17FN4S/c20-15-4-3-6-16(14(15)12-21)22-13-8-10-24(11-9-13)19-23-17-5-1-2-7-18(17)25-19/h1-7,13,22H,8-11H2. The topological polar surface area (TPSA) is 52.0 Å². The normalized spacial score (nSPS) is 15.3. The van der Waals surface area contributed by atoms with Crippen molar-refractivity contribution in [1.82, 2.24) is 4.98 Å². The molecule has 2 aromatic carbocycles. The van der Waals surface area contributed by atoms with Crippen molar-refractivity contribution >= 4 is 32.4 Å². The molecule has 4 nitrogen and oxygen atoms in total. The Morgan fingerprint density at radius 3 is 2.72 bits per heavy atom. The van der Waals surface area contributed by atoms with Gasteiger partial charge in [-0.15, -0.1) is 0 Å². The number of piperidine rings is 1. The van der Waals surface area contributed by atoms with E-state index < -0.39 is 5.82 Å². The van der Waals surface area contributed by atoms with Crippen LogP contribution in [0.3, 0.4) is 0 Å². The molecule has 1 N–H and O–H groups in total. The van der Waals surface area contributed by atoms with E-state index in [1.54, 1.807) is 23.5 Å². The van der Waals surface area contributed by atoms with Gasteiger partial charge in [0.25, 0.3) is 0 Å². The first-order valence-electron chi connectivity index (χ1n) is 8.30. The van der Waals surface area contributed by atoms with Gasteiger partial charge in [0.05, 0.1) is 15.9 Å². The molecule has 0 unspecified atom stereocenters. The van der Waals surface area contributed by atoms with Gasteiger partial charge in [-0.25, -0.2) is 9.37 Å². The SMILES string of the molecule is N#Cc1c(F)cccc1NC1CCN(c2nc3ccccc3s2)CC1. The van der Waals surface area contributed by atoms with Gasteiger partial charge in [-0.3, -0.25) is 0 Å². The third-order valence-corrected chi connectivity index (χ3v) is 5.63. The molecule has 6 heteroatoms. The molecule has 1 saturated heterocycles. The fourth-order valence-corrected chi connectivity index (χ4v) is 4.21. The number of hydrogen-bond donors (Lipinski definition) is 1. The number of thiazole rings is 1. The zero-order valence-corrected chi connectivity index (χ0v) is 14.4. The molecule has 1 aliphatic rings. The maximum Gasteiger partial charge on any atom is 0.186 e. The third-order valence-electron chi connectivity index (χ3n) is 4.53. The number of hydrogen-bond acceptors (Lipinski definition) is 5.